The van der Waals surface area contributed by atoms with Gasteiger partial charge in [-0.1, -0.05) is 30.8 Å². The van der Waals surface area contributed by atoms with E-state index in [2.05, 4.69) is 14.7 Å². The van der Waals surface area contributed by atoms with Crippen molar-refractivity contribution in [2.75, 3.05) is 17.8 Å². The Hall–Kier alpha value is -2.31. The number of ether oxygens (including phenoxy) is 1. The first-order valence-electron chi connectivity index (χ1n) is 9.61. The molecule has 1 aliphatic heterocycles. The van der Waals surface area contributed by atoms with Crippen LogP contribution in [0.25, 0.3) is 0 Å². The van der Waals surface area contributed by atoms with E-state index >= 15 is 0 Å². The maximum atomic E-state index is 13.9. The third-order valence-electron chi connectivity index (χ3n) is 4.56. The van der Waals surface area contributed by atoms with Gasteiger partial charge < -0.3 is 4.74 Å². The Morgan fingerprint density at radius 3 is 2.71 bits per heavy atom. The fourth-order valence-electron chi connectivity index (χ4n) is 2.64. The third-order valence-corrected chi connectivity index (χ3v) is 6.97. The number of hydrogen-bond donors (Lipinski definition) is 1. The van der Waals surface area contributed by atoms with Crippen molar-refractivity contribution in [2.45, 2.75) is 43.7 Å². The molecule has 1 N–H and O–H groups in total. The number of thioether (sulfide) groups is 1. The van der Waals surface area contributed by atoms with Gasteiger partial charge in [0.15, 0.2) is 28.7 Å². The average molecular weight is 473 g/mol. The molecule has 8 nitrogen and oxygen atoms in total. The number of carbonyl (C=O) groups is 1. The van der Waals surface area contributed by atoms with Crippen molar-refractivity contribution in [1.29, 1.82) is 0 Å². The van der Waals surface area contributed by atoms with Gasteiger partial charge in [-0.15, -0.1) is 0 Å². The van der Waals surface area contributed by atoms with E-state index in [1.165, 1.54) is 22.5 Å². The molecule has 168 valence electrons. The number of nitrogens with one attached hydrogen (secondary N) is 1. The van der Waals surface area contributed by atoms with Crippen molar-refractivity contribution < 1.29 is 26.7 Å². The van der Waals surface area contributed by atoms with Crippen molar-refractivity contribution in [3.63, 3.8) is 0 Å². The molecule has 1 aromatic heterocycles. The lowest BCUT2D eigenvalue weighted by Gasteiger charge is -2.29. The first-order valence-corrected chi connectivity index (χ1v) is 12.0. The minimum absolute atomic E-state index is 0.00664. The number of aromatic nitrogens is 2. The van der Waals surface area contributed by atoms with Crippen LogP contribution in [-0.2, 0) is 20.8 Å². The number of Topliss-reactive ketones (excluding diaryl/α,β-unsaturated/α-hetero) is 1. The first-order chi connectivity index (χ1) is 14.7. The van der Waals surface area contributed by atoms with E-state index in [0.29, 0.717) is 13.1 Å². The normalized spacial score (nSPS) is 15.2. The van der Waals surface area contributed by atoms with Crippen molar-refractivity contribution >= 4 is 33.6 Å². The second-order valence-electron chi connectivity index (χ2n) is 6.82. The maximum Gasteiger partial charge on any atom is 0.302 e. The van der Waals surface area contributed by atoms with Crippen molar-refractivity contribution in [3.8, 4) is 5.88 Å². The predicted molar refractivity (Wildman–Crippen MR) is 112 cm³/mol. The van der Waals surface area contributed by atoms with Crippen LogP contribution in [-0.4, -0.2) is 47.7 Å². The zero-order valence-electron chi connectivity index (χ0n) is 17.0. The molecule has 3 rings (SSSR count). The quantitative estimate of drug-likeness (QED) is 0.419. The summed E-state index contributed by atoms with van der Waals surface area (Å²) in [6.45, 7) is 4.08. The molecule has 31 heavy (non-hydrogen) atoms. The number of hydrogen-bond acceptors (Lipinski definition) is 7. The molecule has 0 radical (unpaired) electrons. The summed E-state index contributed by atoms with van der Waals surface area (Å²) < 4.78 is 61.4. The van der Waals surface area contributed by atoms with Gasteiger partial charge in [0.2, 0.25) is 5.88 Å². The smallest absolute Gasteiger partial charge is 0.302 e. The Morgan fingerprint density at radius 2 is 2.06 bits per heavy atom. The number of carbonyl (C=O) groups excluding carboxylic acids is 1. The molecule has 12 heteroatoms. The summed E-state index contributed by atoms with van der Waals surface area (Å²) in [7, 11) is -3.79. The Balaban J connectivity index is 1.84. The van der Waals surface area contributed by atoms with E-state index in [9.17, 15) is 22.0 Å². The fraction of sp³-hybridized carbons (Fsp3) is 0.421. The lowest BCUT2D eigenvalue weighted by molar-refractivity contribution is -0.124. The molecule has 2 heterocycles. The summed E-state index contributed by atoms with van der Waals surface area (Å²) in [6.07, 6.45) is 0.246. The number of anilines is 1. The highest BCUT2D eigenvalue weighted by Crippen LogP contribution is 2.27. The molecule has 0 amide bonds. The molecule has 1 atom stereocenters. The van der Waals surface area contributed by atoms with Crippen LogP contribution < -0.4 is 9.46 Å². The standard InChI is InChI=1S/C19H22F2N4O4S2/c1-3-15(26)12(2)29-17-10-16(24-31(27,28)25-8-5-9-25)22-19(23-17)30-11-13-6-4-7-14(20)18(13)21/h4,6-7,10,12H,3,5,8-9,11H2,1-2H3,(H,22,23,24)/t12-/m1/s1. The Morgan fingerprint density at radius 1 is 1.32 bits per heavy atom. The van der Waals surface area contributed by atoms with Gasteiger partial charge in [-0.25, -0.2) is 13.8 Å². The monoisotopic (exact) mass is 472 g/mol. The highest BCUT2D eigenvalue weighted by Gasteiger charge is 2.28. The van der Waals surface area contributed by atoms with Crippen LogP contribution in [0.1, 0.15) is 32.3 Å². The molecule has 1 aromatic carbocycles. The summed E-state index contributed by atoms with van der Waals surface area (Å²) >= 11 is 0.978. The van der Waals surface area contributed by atoms with Gasteiger partial charge in [-0.3, -0.25) is 9.52 Å². The largest absolute Gasteiger partial charge is 0.466 e. The van der Waals surface area contributed by atoms with E-state index < -0.39 is 27.9 Å². The van der Waals surface area contributed by atoms with Crippen LogP contribution in [0.3, 0.4) is 0 Å². The summed E-state index contributed by atoms with van der Waals surface area (Å²) in [4.78, 5) is 20.2. The number of ketones is 1. The molecule has 0 spiro atoms. The predicted octanol–water partition coefficient (Wildman–Crippen LogP) is 3.16. The molecular weight excluding hydrogens is 450 g/mol. The number of benzene rings is 1. The minimum Gasteiger partial charge on any atom is -0.466 e. The Kier molecular flexibility index (Phi) is 7.44. The zero-order chi connectivity index (χ0) is 22.6. The van der Waals surface area contributed by atoms with Crippen LogP contribution in [0.4, 0.5) is 14.6 Å². The molecule has 2 aromatic rings. The van der Waals surface area contributed by atoms with Crippen LogP contribution >= 0.6 is 11.8 Å². The van der Waals surface area contributed by atoms with Gasteiger partial charge in [-0.05, 0) is 19.4 Å². The highest BCUT2D eigenvalue weighted by molar-refractivity contribution is 7.98. The summed E-state index contributed by atoms with van der Waals surface area (Å²) in [5.74, 6) is -2.14. The van der Waals surface area contributed by atoms with E-state index in [4.69, 9.17) is 4.74 Å². The fourth-order valence-corrected chi connectivity index (χ4v) is 4.70. The van der Waals surface area contributed by atoms with Crippen LogP contribution in [0.5, 0.6) is 5.88 Å². The van der Waals surface area contributed by atoms with E-state index in [1.54, 1.807) is 13.8 Å². The van der Waals surface area contributed by atoms with Gasteiger partial charge in [-0.2, -0.15) is 17.7 Å². The lowest BCUT2D eigenvalue weighted by Crippen LogP contribution is -2.45. The van der Waals surface area contributed by atoms with E-state index in [-0.39, 0.29) is 40.4 Å². The minimum atomic E-state index is -3.79. The molecule has 0 unspecified atom stereocenters. The number of rotatable bonds is 10. The Bertz CT molecular complexity index is 1060. The molecule has 1 fully saturated rings. The SMILES string of the molecule is CCC(=O)[C@@H](C)Oc1cc(NS(=O)(=O)N2CCC2)nc(SCc2cccc(F)c2F)n1. The second-order valence-corrected chi connectivity index (χ2v) is 9.43. The average Bonchev–Trinajstić information content (AvgIpc) is 2.66. The van der Waals surface area contributed by atoms with Crippen molar-refractivity contribution in [1.82, 2.24) is 14.3 Å². The molecular formula is C19H22F2N4O4S2. The maximum absolute atomic E-state index is 13.9. The summed E-state index contributed by atoms with van der Waals surface area (Å²) in [6, 6.07) is 5.12. The van der Waals surface area contributed by atoms with Crippen molar-refractivity contribution in [3.05, 3.63) is 41.5 Å². The van der Waals surface area contributed by atoms with Gasteiger partial charge >= 0.3 is 10.2 Å². The third kappa shape index (κ3) is 5.89. The zero-order valence-corrected chi connectivity index (χ0v) is 18.6. The van der Waals surface area contributed by atoms with E-state index in [0.717, 1.165) is 24.2 Å². The highest BCUT2D eigenvalue weighted by atomic mass is 32.2. The van der Waals surface area contributed by atoms with Crippen LogP contribution in [0.2, 0.25) is 0 Å². The summed E-state index contributed by atoms with van der Waals surface area (Å²) in [5, 5.41) is 0.0821. The topological polar surface area (TPSA) is 101 Å². The molecule has 1 saturated heterocycles. The van der Waals surface area contributed by atoms with Crippen LogP contribution in [0.15, 0.2) is 29.4 Å². The van der Waals surface area contributed by atoms with Gasteiger partial charge in [0.25, 0.3) is 0 Å². The molecule has 0 bridgehead atoms. The molecule has 0 saturated carbocycles. The van der Waals surface area contributed by atoms with Crippen LogP contribution in [0, 0.1) is 11.6 Å². The van der Waals surface area contributed by atoms with Crippen molar-refractivity contribution in [2.24, 2.45) is 0 Å². The molecule has 1 aliphatic rings. The Labute approximate surface area is 183 Å². The summed E-state index contributed by atoms with van der Waals surface area (Å²) in [5.41, 5.74) is 0.108. The number of halogens is 2. The second kappa shape index (κ2) is 9.88. The van der Waals surface area contributed by atoms with Gasteiger partial charge in [0.1, 0.15) is 5.82 Å². The first kappa shape index (κ1) is 23.4. The van der Waals surface area contributed by atoms with Gasteiger partial charge in [0, 0.05) is 36.9 Å². The van der Waals surface area contributed by atoms with Gasteiger partial charge in [0.05, 0.1) is 0 Å². The van der Waals surface area contributed by atoms with E-state index in [1.807, 2.05) is 0 Å². The molecule has 0 aliphatic carbocycles. The lowest BCUT2D eigenvalue weighted by atomic mass is 10.2. The number of nitrogens with zero attached hydrogens (tertiary/aromatic N) is 3.